The molecule has 6 nitrogen and oxygen atoms in total. The lowest BCUT2D eigenvalue weighted by Gasteiger charge is -2.34. The van der Waals surface area contributed by atoms with Gasteiger partial charge in [-0.3, -0.25) is 4.79 Å². The minimum atomic E-state index is -4.50. The number of aromatic nitrogens is 2. The van der Waals surface area contributed by atoms with Crippen molar-refractivity contribution in [2.24, 2.45) is 0 Å². The van der Waals surface area contributed by atoms with Crippen LogP contribution in [0.15, 0.2) is 60.8 Å². The molecule has 36 heavy (non-hydrogen) atoms. The van der Waals surface area contributed by atoms with Crippen molar-refractivity contribution < 1.29 is 18.0 Å². The molecule has 2 heterocycles. The van der Waals surface area contributed by atoms with Crippen LogP contribution >= 0.6 is 0 Å². The number of hydrogen-bond acceptors (Lipinski definition) is 4. The Labute approximate surface area is 208 Å². The Hall–Kier alpha value is -3.33. The molecule has 3 N–H and O–H groups in total. The van der Waals surface area contributed by atoms with E-state index in [-0.39, 0.29) is 23.8 Å². The van der Waals surface area contributed by atoms with E-state index in [0.717, 1.165) is 23.1 Å². The first-order chi connectivity index (χ1) is 17.1. The number of benzene rings is 2. The number of carbonyl (C=O) groups excluding carboxylic acids is 1. The summed E-state index contributed by atoms with van der Waals surface area (Å²) in [6.45, 7) is 4.30. The quantitative estimate of drug-likeness (QED) is 0.431. The van der Waals surface area contributed by atoms with Crippen LogP contribution in [0.5, 0.6) is 0 Å². The van der Waals surface area contributed by atoms with Crippen molar-refractivity contribution in [2.45, 2.75) is 63.0 Å². The summed E-state index contributed by atoms with van der Waals surface area (Å²) >= 11 is 0. The van der Waals surface area contributed by atoms with Crippen LogP contribution in [0.2, 0.25) is 0 Å². The van der Waals surface area contributed by atoms with E-state index < -0.39 is 29.7 Å². The molecule has 2 unspecified atom stereocenters. The lowest BCUT2D eigenvalue weighted by molar-refractivity contribution is -0.173. The number of aryl methyl sites for hydroxylation is 1. The van der Waals surface area contributed by atoms with Gasteiger partial charge in [-0.1, -0.05) is 54.6 Å². The molecular weight excluding hydrogens is 467 g/mol. The molecule has 0 spiro atoms. The average molecular weight is 498 g/mol. The lowest BCUT2D eigenvalue weighted by atomic mass is 9.96. The molecule has 3 aromatic rings. The minimum absolute atomic E-state index is 0.0865. The van der Waals surface area contributed by atoms with Gasteiger partial charge < -0.3 is 16.0 Å². The topological polar surface area (TPSA) is 71.0 Å². The second kappa shape index (κ2) is 9.28. The van der Waals surface area contributed by atoms with Gasteiger partial charge in [0.05, 0.1) is 12.2 Å². The molecule has 2 aromatic carbocycles. The molecule has 0 saturated carbocycles. The van der Waals surface area contributed by atoms with Gasteiger partial charge in [-0.25, -0.2) is 4.68 Å². The Morgan fingerprint density at radius 1 is 1.11 bits per heavy atom. The monoisotopic (exact) mass is 497 g/mol. The second-order valence-electron chi connectivity index (χ2n) is 10.3. The zero-order valence-electron chi connectivity index (χ0n) is 20.3. The standard InChI is InChI=1S/C27H30F3N5O/c1-26(2,16-31-21-13-12-17-8-6-7-11-19(17)21)34-25(36)20-15-32-35-23(27(28,29)30)14-22(33-24(20)35)18-9-4-3-5-10-18/h3-11,15,21-23,31,33H,12-14,16H2,1-2H3,(H,34,36)/t21?,22?,23-/m0/s1. The van der Waals surface area contributed by atoms with Gasteiger partial charge in [0.25, 0.3) is 5.91 Å². The number of rotatable bonds is 6. The van der Waals surface area contributed by atoms with Crippen LogP contribution in [0.1, 0.15) is 71.9 Å². The Kier molecular flexibility index (Phi) is 6.28. The highest BCUT2D eigenvalue weighted by molar-refractivity contribution is 5.99. The van der Waals surface area contributed by atoms with E-state index in [0.29, 0.717) is 6.54 Å². The number of nitrogens with one attached hydrogen (secondary N) is 3. The van der Waals surface area contributed by atoms with Crippen molar-refractivity contribution in [3.63, 3.8) is 0 Å². The fraction of sp³-hybridized carbons (Fsp3) is 0.407. The van der Waals surface area contributed by atoms with Crippen LogP contribution in [-0.4, -0.2) is 33.9 Å². The number of carbonyl (C=O) groups is 1. The van der Waals surface area contributed by atoms with Gasteiger partial charge in [-0.15, -0.1) is 0 Å². The van der Waals surface area contributed by atoms with Gasteiger partial charge >= 0.3 is 6.18 Å². The third kappa shape index (κ3) is 4.84. The van der Waals surface area contributed by atoms with Crippen molar-refractivity contribution in [1.29, 1.82) is 0 Å². The molecule has 0 bridgehead atoms. The van der Waals surface area contributed by atoms with Crippen LogP contribution in [0.3, 0.4) is 0 Å². The van der Waals surface area contributed by atoms with Crippen LogP contribution in [0.25, 0.3) is 0 Å². The molecule has 2 aliphatic rings. The van der Waals surface area contributed by atoms with Gasteiger partial charge in [0.2, 0.25) is 0 Å². The highest BCUT2D eigenvalue weighted by Gasteiger charge is 2.47. The highest BCUT2D eigenvalue weighted by atomic mass is 19.4. The molecule has 3 atom stereocenters. The highest BCUT2D eigenvalue weighted by Crippen LogP contribution is 2.44. The summed E-state index contributed by atoms with van der Waals surface area (Å²) in [5.41, 5.74) is 2.80. The van der Waals surface area contributed by atoms with E-state index in [2.05, 4.69) is 33.2 Å². The van der Waals surface area contributed by atoms with Crippen LogP contribution in [0.4, 0.5) is 19.0 Å². The molecule has 0 saturated heterocycles. The van der Waals surface area contributed by atoms with E-state index in [1.807, 2.05) is 32.0 Å². The average Bonchev–Trinajstić information content (AvgIpc) is 3.46. The van der Waals surface area contributed by atoms with Crippen molar-refractivity contribution in [1.82, 2.24) is 20.4 Å². The number of hydrogen-bond donors (Lipinski definition) is 3. The predicted octanol–water partition coefficient (Wildman–Crippen LogP) is 5.33. The maximum Gasteiger partial charge on any atom is 0.410 e. The summed E-state index contributed by atoms with van der Waals surface area (Å²) < 4.78 is 42.7. The first-order valence-electron chi connectivity index (χ1n) is 12.2. The SMILES string of the molecule is CC(C)(CNC1CCc2ccccc21)NC(=O)c1cnn2c1NC(c1ccccc1)C[C@H]2C(F)(F)F. The van der Waals surface area contributed by atoms with Crippen LogP contribution in [-0.2, 0) is 6.42 Å². The van der Waals surface area contributed by atoms with Crippen molar-refractivity contribution in [3.05, 3.63) is 83.0 Å². The van der Waals surface area contributed by atoms with Gasteiger partial charge in [0.15, 0.2) is 6.04 Å². The third-order valence-electron chi connectivity index (χ3n) is 7.06. The third-order valence-corrected chi connectivity index (χ3v) is 7.06. The maximum atomic E-state index is 13.9. The number of nitrogens with zero attached hydrogens (tertiary/aromatic N) is 2. The lowest BCUT2D eigenvalue weighted by Crippen LogP contribution is -2.51. The number of anilines is 1. The van der Waals surface area contributed by atoms with Gasteiger partial charge in [0, 0.05) is 24.5 Å². The first-order valence-corrected chi connectivity index (χ1v) is 12.2. The molecule has 9 heteroatoms. The minimum Gasteiger partial charge on any atom is -0.363 e. The molecule has 1 aliphatic carbocycles. The number of alkyl halides is 3. The Morgan fingerprint density at radius 2 is 1.83 bits per heavy atom. The van der Waals surface area contributed by atoms with E-state index >= 15 is 0 Å². The number of fused-ring (bicyclic) bond motifs is 2. The molecule has 1 amide bonds. The zero-order valence-corrected chi connectivity index (χ0v) is 20.3. The van der Waals surface area contributed by atoms with Gasteiger partial charge in [-0.05, 0) is 43.4 Å². The smallest absolute Gasteiger partial charge is 0.363 e. The molecule has 5 rings (SSSR count). The summed E-state index contributed by atoms with van der Waals surface area (Å²) in [5, 5.41) is 13.7. The van der Waals surface area contributed by atoms with Crippen LogP contribution in [0, 0.1) is 0 Å². The number of halogens is 3. The molecular formula is C27H30F3N5O. The Bertz CT molecular complexity index is 1240. The maximum absolute atomic E-state index is 13.9. The van der Waals surface area contributed by atoms with Gasteiger partial charge in [0.1, 0.15) is 11.4 Å². The summed E-state index contributed by atoms with van der Waals surface area (Å²) in [7, 11) is 0. The summed E-state index contributed by atoms with van der Waals surface area (Å²) in [6.07, 6.45) is -1.48. The van der Waals surface area contributed by atoms with Crippen molar-refractivity contribution in [2.75, 3.05) is 11.9 Å². The fourth-order valence-corrected chi connectivity index (χ4v) is 5.20. The predicted molar refractivity (Wildman–Crippen MR) is 132 cm³/mol. The van der Waals surface area contributed by atoms with E-state index in [4.69, 9.17) is 0 Å². The summed E-state index contributed by atoms with van der Waals surface area (Å²) in [6, 6.07) is 15.1. The summed E-state index contributed by atoms with van der Waals surface area (Å²) in [5.74, 6) is -0.375. The fourth-order valence-electron chi connectivity index (χ4n) is 5.20. The molecule has 0 fully saturated rings. The molecule has 1 aliphatic heterocycles. The normalized spacial score (nSPS) is 21.4. The largest absolute Gasteiger partial charge is 0.410 e. The second-order valence-corrected chi connectivity index (χ2v) is 10.3. The van der Waals surface area contributed by atoms with Crippen molar-refractivity contribution in [3.8, 4) is 0 Å². The number of amides is 1. The van der Waals surface area contributed by atoms with Crippen LogP contribution < -0.4 is 16.0 Å². The first kappa shape index (κ1) is 24.4. The molecule has 0 radical (unpaired) electrons. The van der Waals surface area contributed by atoms with E-state index in [1.54, 1.807) is 24.3 Å². The summed E-state index contributed by atoms with van der Waals surface area (Å²) in [4.78, 5) is 13.3. The van der Waals surface area contributed by atoms with Crippen molar-refractivity contribution >= 4 is 11.7 Å². The molecule has 190 valence electrons. The van der Waals surface area contributed by atoms with Gasteiger partial charge in [-0.2, -0.15) is 18.3 Å². The van der Waals surface area contributed by atoms with E-state index in [1.165, 1.54) is 17.3 Å². The Balaban J connectivity index is 1.33. The van der Waals surface area contributed by atoms with E-state index in [9.17, 15) is 18.0 Å². The zero-order chi connectivity index (χ0) is 25.5. The Morgan fingerprint density at radius 3 is 2.58 bits per heavy atom. The molecule has 1 aromatic heterocycles.